The molecule has 0 radical (unpaired) electrons. The molecule has 0 spiro atoms. The fourth-order valence-corrected chi connectivity index (χ4v) is 5.25. The van der Waals surface area contributed by atoms with Gasteiger partial charge in [0.05, 0.1) is 11.0 Å². The van der Waals surface area contributed by atoms with Gasteiger partial charge in [-0.05, 0) is 48.9 Å². The summed E-state index contributed by atoms with van der Waals surface area (Å²) in [4.78, 5) is 26.5. The average molecular weight is 438 g/mol. The Morgan fingerprint density at radius 1 is 1.30 bits per heavy atom. The Balaban J connectivity index is 1.72. The summed E-state index contributed by atoms with van der Waals surface area (Å²) in [5.74, 6) is -0.563. The van der Waals surface area contributed by atoms with E-state index in [0.717, 1.165) is 24.1 Å². The number of benzene rings is 1. The Hall–Kier alpha value is -1.97. The topological polar surface area (TPSA) is 105 Å². The number of anilines is 1. The van der Waals surface area contributed by atoms with E-state index in [1.165, 1.54) is 6.07 Å². The van der Waals surface area contributed by atoms with Crippen LogP contribution in [0.3, 0.4) is 0 Å². The van der Waals surface area contributed by atoms with Crippen LogP contribution < -0.4 is 14.9 Å². The van der Waals surface area contributed by atoms with Crippen LogP contribution in [0.5, 0.6) is 0 Å². The second-order valence-electron chi connectivity index (χ2n) is 8.16. The monoisotopic (exact) mass is 437 g/mol. The van der Waals surface area contributed by atoms with Crippen molar-refractivity contribution in [3.05, 3.63) is 23.8 Å². The fraction of sp³-hybridized carbons (Fsp3) is 0.619. The largest absolute Gasteiger partial charge is 0.376 e. The highest BCUT2D eigenvalue weighted by Crippen LogP contribution is 2.30. The molecule has 30 heavy (non-hydrogen) atoms. The fourth-order valence-electron chi connectivity index (χ4n) is 3.85. The summed E-state index contributed by atoms with van der Waals surface area (Å²) < 4.78 is 34.0. The number of carbonyl (C=O) groups is 2. The van der Waals surface area contributed by atoms with Crippen molar-refractivity contribution in [1.29, 1.82) is 0 Å². The lowest BCUT2D eigenvalue weighted by atomic mass is 10.0. The number of hydrogen-bond acceptors (Lipinski definition) is 5. The lowest BCUT2D eigenvalue weighted by Crippen LogP contribution is -2.50. The van der Waals surface area contributed by atoms with E-state index in [1.54, 1.807) is 37.8 Å². The lowest BCUT2D eigenvalue weighted by Gasteiger charge is -2.23. The maximum absolute atomic E-state index is 13.0. The van der Waals surface area contributed by atoms with E-state index in [9.17, 15) is 18.0 Å². The number of rotatable bonds is 8. The zero-order valence-corrected chi connectivity index (χ0v) is 18.6. The van der Waals surface area contributed by atoms with Gasteiger partial charge in [0.1, 0.15) is 6.04 Å². The maximum Gasteiger partial charge on any atom is 0.241 e. The third-order valence-corrected chi connectivity index (χ3v) is 7.06. The van der Waals surface area contributed by atoms with Crippen LogP contribution in [0.1, 0.15) is 45.6 Å². The lowest BCUT2D eigenvalue weighted by molar-refractivity contribution is -0.124. The normalized spacial score (nSPS) is 19.7. The number of ether oxygens (including phenoxy) is 1. The molecule has 2 heterocycles. The van der Waals surface area contributed by atoms with Gasteiger partial charge in [-0.3, -0.25) is 9.59 Å². The molecule has 0 unspecified atom stereocenters. The van der Waals surface area contributed by atoms with Crippen molar-refractivity contribution in [3.63, 3.8) is 0 Å². The van der Waals surface area contributed by atoms with Gasteiger partial charge in [-0.1, -0.05) is 20.8 Å². The van der Waals surface area contributed by atoms with Crippen LogP contribution in [0.2, 0.25) is 0 Å². The van der Waals surface area contributed by atoms with Crippen molar-refractivity contribution in [3.8, 4) is 0 Å². The maximum atomic E-state index is 13.0. The van der Waals surface area contributed by atoms with Gasteiger partial charge in [-0.2, -0.15) is 4.72 Å². The molecule has 0 saturated carbocycles. The molecule has 1 aromatic rings. The molecule has 0 aliphatic carbocycles. The summed E-state index contributed by atoms with van der Waals surface area (Å²) in [6, 6.07) is 3.88. The van der Waals surface area contributed by atoms with Crippen molar-refractivity contribution < 1.29 is 22.7 Å². The van der Waals surface area contributed by atoms with Crippen LogP contribution in [0, 0.1) is 5.92 Å². The second-order valence-corrected chi connectivity index (χ2v) is 9.88. The smallest absolute Gasteiger partial charge is 0.241 e. The standard InChI is InChI=1S/C21H31N3O5S/c1-4-19(25)24-10-9-15-12-17(7-8-18(15)24)30(27,28)23-20(14(2)3)21(26)22-13-16-6-5-11-29-16/h7-8,12,14,16,20,23H,4-6,9-11,13H2,1-3H3,(H,22,26)/t16-,20-/m0/s1. The second kappa shape index (κ2) is 9.45. The molecule has 166 valence electrons. The summed E-state index contributed by atoms with van der Waals surface area (Å²) in [5.41, 5.74) is 1.58. The highest BCUT2D eigenvalue weighted by Gasteiger charge is 2.31. The molecule has 2 aliphatic rings. The number of carbonyl (C=O) groups excluding carboxylic acids is 2. The Labute approximate surface area is 178 Å². The van der Waals surface area contributed by atoms with E-state index in [0.29, 0.717) is 32.5 Å². The average Bonchev–Trinajstić information content (AvgIpc) is 3.38. The number of hydrogen-bond donors (Lipinski definition) is 2. The van der Waals surface area contributed by atoms with Gasteiger partial charge in [-0.15, -0.1) is 0 Å². The third kappa shape index (κ3) is 5.01. The van der Waals surface area contributed by atoms with E-state index in [2.05, 4.69) is 10.0 Å². The van der Waals surface area contributed by atoms with Gasteiger partial charge < -0.3 is 15.0 Å². The van der Waals surface area contributed by atoms with Gasteiger partial charge in [0, 0.05) is 31.8 Å². The van der Waals surface area contributed by atoms with Crippen LogP contribution in [0.15, 0.2) is 23.1 Å². The van der Waals surface area contributed by atoms with E-state index < -0.39 is 16.1 Å². The van der Waals surface area contributed by atoms with Gasteiger partial charge in [-0.25, -0.2) is 8.42 Å². The SMILES string of the molecule is CCC(=O)N1CCc2cc(S(=O)(=O)N[C@H](C(=O)NC[C@@H]3CCCO3)C(C)C)ccc21. The molecule has 3 rings (SSSR count). The minimum absolute atomic E-state index is 0.0103. The zero-order chi connectivity index (χ0) is 21.9. The van der Waals surface area contributed by atoms with Crippen molar-refractivity contribution in [1.82, 2.24) is 10.0 Å². The van der Waals surface area contributed by atoms with Crippen molar-refractivity contribution in [2.45, 2.75) is 63.5 Å². The van der Waals surface area contributed by atoms with Crippen LogP contribution >= 0.6 is 0 Å². The Bertz CT molecular complexity index is 894. The summed E-state index contributed by atoms with van der Waals surface area (Å²) in [5, 5.41) is 2.81. The van der Waals surface area contributed by atoms with E-state index in [-0.39, 0.29) is 28.7 Å². The minimum atomic E-state index is -3.90. The highest BCUT2D eigenvalue weighted by molar-refractivity contribution is 7.89. The summed E-state index contributed by atoms with van der Waals surface area (Å²) >= 11 is 0. The van der Waals surface area contributed by atoms with Crippen LogP contribution in [0.4, 0.5) is 5.69 Å². The molecular formula is C21H31N3O5S. The van der Waals surface area contributed by atoms with Crippen LogP contribution in [-0.2, 0) is 30.8 Å². The number of amides is 2. The first kappa shape index (κ1) is 22.7. The Kier molecular flexibility index (Phi) is 7.15. The molecular weight excluding hydrogens is 406 g/mol. The molecule has 2 N–H and O–H groups in total. The van der Waals surface area contributed by atoms with E-state index in [4.69, 9.17) is 4.74 Å². The van der Waals surface area contributed by atoms with E-state index >= 15 is 0 Å². The molecule has 8 nitrogen and oxygen atoms in total. The molecule has 1 fully saturated rings. The Morgan fingerprint density at radius 2 is 2.07 bits per heavy atom. The molecule has 2 aliphatic heterocycles. The van der Waals surface area contributed by atoms with Crippen molar-refractivity contribution in [2.75, 3.05) is 24.6 Å². The number of sulfonamides is 1. The quantitative estimate of drug-likeness (QED) is 0.643. The molecule has 1 aromatic carbocycles. The van der Waals surface area contributed by atoms with Crippen LogP contribution in [0.25, 0.3) is 0 Å². The third-order valence-electron chi connectivity index (χ3n) is 5.62. The van der Waals surface area contributed by atoms with Gasteiger partial charge >= 0.3 is 0 Å². The van der Waals surface area contributed by atoms with Gasteiger partial charge in [0.25, 0.3) is 0 Å². The molecule has 2 amide bonds. The molecule has 1 saturated heterocycles. The first-order chi connectivity index (χ1) is 14.2. The van der Waals surface area contributed by atoms with E-state index in [1.807, 2.05) is 0 Å². The number of nitrogens with zero attached hydrogens (tertiary/aromatic N) is 1. The van der Waals surface area contributed by atoms with Crippen molar-refractivity contribution >= 4 is 27.5 Å². The predicted molar refractivity (Wildman–Crippen MR) is 114 cm³/mol. The van der Waals surface area contributed by atoms with Crippen LogP contribution in [-0.4, -0.2) is 52.1 Å². The van der Waals surface area contributed by atoms with Crippen molar-refractivity contribution in [2.24, 2.45) is 5.92 Å². The highest BCUT2D eigenvalue weighted by atomic mass is 32.2. The predicted octanol–water partition coefficient (Wildman–Crippen LogP) is 1.58. The summed E-state index contributed by atoms with van der Waals surface area (Å²) in [6.07, 6.45) is 2.87. The first-order valence-electron chi connectivity index (χ1n) is 10.6. The summed E-state index contributed by atoms with van der Waals surface area (Å²) in [6.45, 7) is 7.04. The molecule has 0 aromatic heterocycles. The molecule has 2 atom stereocenters. The first-order valence-corrected chi connectivity index (χ1v) is 12.1. The molecule has 9 heteroatoms. The number of fused-ring (bicyclic) bond motifs is 1. The molecule has 0 bridgehead atoms. The zero-order valence-electron chi connectivity index (χ0n) is 17.8. The Morgan fingerprint density at radius 3 is 2.70 bits per heavy atom. The number of nitrogens with one attached hydrogen (secondary N) is 2. The van der Waals surface area contributed by atoms with Gasteiger partial charge in [0.15, 0.2) is 0 Å². The van der Waals surface area contributed by atoms with Gasteiger partial charge in [0.2, 0.25) is 21.8 Å². The minimum Gasteiger partial charge on any atom is -0.376 e. The summed E-state index contributed by atoms with van der Waals surface area (Å²) in [7, 11) is -3.90.